The number of ether oxygens (including phenoxy) is 1. The molecule has 3 rings (SSSR count). The molecule has 26 heavy (non-hydrogen) atoms. The van der Waals surface area contributed by atoms with Crippen molar-refractivity contribution in [3.05, 3.63) is 59.4 Å². The molecule has 0 unspecified atom stereocenters. The van der Waals surface area contributed by atoms with Crippen molar-refractivity contribution in [3.8, 4) is 11.1 Å². The van der Waals surface area contributed by atoms with Gasteiger partial charge >= 0.3 is 0 Å². The molecule has 0 atom stereocenters. The summed E-state index contributed by atoms with van der Waals surface area (Å²) in [4.78, 5) is 26.0. The molecular formula is C22H23FO3. The van der Waals surface area contributed by atoms with Crippen molar-refractivity contribution in [1.29, 1.82) is 0 Å². The fraction of sp³-hybridized carbons (Fsp3) is 0.364. The van der Waals surface area contributed by atoms with E-state index in [0.29, 0.717) is 5.56 Å². The monoisotopic (exact) mass is 354 g/mol. The van der Waals surface area contributed by atoms with E-state index in [2.05, 4.69) is 0 Å². The first-order chi connectivity index (χ1) is 12.0. The van der Waals surface area contributed by atoms with E-state index in [1.54, 1.807) is 39.8 Å². The Labute approximate surface area is 153 Å². The average molecular weight is 354 g/mol. The van der Waals surface area contributed by atoms with Gasteiger partial charge in [0.25, 0.3) is 0 Å². The zero-order chi connectivity index (χ0) is 19.3. The van der Waals surface area contributed by atoms with Crippen LogP contribution in [0.5, 0.6) is 0 Å². The number of aryl methyl sites for hydroxylation is 1. The smallest absolute Gasteiger partial charge is 0.179 e. The van der Waals surface area contributed by atoms with E-state index in [9.17, 15) is 14.0 Å². The molecule has 1 aliphatic heterocycles. The van der Waals surface area contributed by atoms with Crippen LogP contribution in [0.2, 0.25) is 0 Å². The Morgan fingerprint density at radius 1 is 0.846 bits per heavy atom. The highest BCUT2D eigenvalue weighted by Gasteiger charge is 2.53. The van der Waals surface area contributed by atoms with Crippen LogP contribution < -0.4 is 0 Å². The zero-order valence-corrected chi connectivity index (χ0v) is 15.7. The summed E-state index contributed by atoms with van der Waals surface area (Å²) in [6.45, 7) is 8.70. The normalized spacial score (nSPS) is 19.6. The molecular weight excluding hydrogens is 331 g/mol. The number of rotatable bonds is 2. The van der Waals surface area contributed by atoms with Gasteiger partial charge in [0.15, 0.2) is 11.6 Å². The summed E-state index contributed by atoms with van der Waals surface area (Å²) in [5.74, 6) is -1.64. The number of benzene rings is 2. The second kappa shape index (κ2) is 6.13. The molecule has 0 saturated carbocycles. The molecule has 2 aromatic rings. The van der Waals surface area contributed by atoms with Crippen molar-refractivity contribution in [3.63, 3.8) is 0 Å². The Morgan fingerprint density at radius 3 is 1.88 bits per heavy atom. The Morgan fingerprint density at radius 2 is 1.35 bits per heavy atom. The zero-order valence-electron chi connectivity index (χ0n) is 15.7. The van der Waals surface area contributed by atoms with Crippen LogP contribution in [0.3, 0.4) is 0 Å². The summed E-state index contributed by atoms with van der Waals surface area (Å²) in [6, 6.07) is 11.8. The number of halogens is 1. The Bertz CT molecular complexity index is 853. The molecule has 1 aliphatic rings. The first-order valence-corrected chi connectivity index (χ1v) is 8.68. The van der Waals surface area contributed by atoms with Gasteiger partial charge in [0, 0.05) is 0 Å². The van der Waals surface area contributed by atoms with Gasteiger partial charge in [-0.25, -0.2) is 4.39 Å². The van der Waals surface area contributed by atoms with E-state index < -0.39 is 17.1 Å². The molecule has 1 heterocycles. The van der Waals surface area contributed by atoms with Crippen LogP contribution in [-0.4, -0.2) is 22.8 Å². The van der Waals surface area contributed by atoms with Crippen molar-refractivity contribution < 1.29 is 18.7 Å². The first-order valence-electron chi connectivity index (χ1n) is 8.68. The van der Waals surface area contributed by atoms with Gasteiger partial charge in [0.05, 0.1) is 0 Å². The molecule has 0 radical (unpaired) electrons. The van der Waals surface area contributed by atoms with Crippen LogP contribution in [0.15, 0.2) is 42.5 Å². The lowest BCUT2D eigenvalue weighted by Crippen LogP contribution is -2.58. The molecule has 0 amide bonds. The molecule has 1 saturated heterocycles. The predicted octanol–water partition coefficient (Wildman–Crippen LogP) is 4.61. The highest BCUT2D eigenvalue weighted by Crippen LogP contribution is 2.40. The summed E-state index contributed by atoms with van der Waals surface area (Å²) in [7, 11) is 0. The topological polar surface area (TPSA) is 43.4 Å². The molecule has 1 fully saturated rings. The van der Waals surface area contributed by atoms with Crippen molar-refractivity contribution in [2.24, 2.45) is 0 Å². The molecule has 136 valence electrons. The maximum atomic E-state index is 13.2. The first kappa shape index (κ1) is 18.5. The van der Waals surface area contributed by atoms with E-state index in [1.807, 2.05) is 25.1 Å². The maximum Gasteiger partial charge on any atom is 0.179 e. The van der Waals surface area contributed by atoms with E-state index in [1.165, 1.54) is 12.1 Å². The van der Waals surface area contributed by atoms with E-state index >= 15 is 0 Å². The summed E-state index contributed by atoms with van der Waals surface area (Å²) in [6.07, 6.45) is 0. The molecule has 0 aromatic heterocycles. The highest BCUT2D eigenvalue weighted by molar-refractivity contribution is 6.15. The molecule has 3 nitrogen and oxygen atoms in total. The molecule has 0 spiro atoms. The van der Waals surface area contributed by atoms with Crippen molar-refractivity contribution in [1.82, 2.24) is 0 Å². The summed E-state index contributed by atoms with van der Waals surface area (Å²) >= 11 is 0. The second-order valence-corrected chi connectivity index (χ2v) is 7.86. The average Bonchev–Trinajstić information content (AvgIpc) is 2.55. The minimum Gasteiger partial charge on any atom is -0.354 e. The quantitative estimate of drug-likeness (QED) is 0.740. The largest absolute Gasteiger partial charge is 0.354 e. The molecule has 0 aliphatic carbocycles. The molecule has 2 aromatic carbocycles. The van der Waals surface area contributed by atoms with Gasteiger partial charge in [0.2, 0.25) is 0 Å². The van der Waals surface area contributed by atoms with E-state index in [0.717, 1.165) is 16.7 Å². The van der Waals surface area contributed by atoms with E-state index in [4.69, 9.17) is 4.74 Å². The predicted molar refractivity (Wildman–Crippen MR) is 98.6 cm³/mol. The van der Waals surface area contributed by atoms with Crippen LogP contribution in [0.4, 0.5) is 4.39 Å². The minimum absolute atomic E-state index is 0.235. The fourth-order valence-corrected chi connectivity index (χ4v) is 3.61. The molecule has 0 N–H and O–H groups in total. The van der Waals surface area contributed by atoms with Gasteiger partial charge < -0.3 is 4.74 Å². The number of Topliss-reactive ketones (excluding diaryl/α,β-unsaturated/α-hetero) is 2. The SMILES string of the molecule is Cc1ccc(-c2ccc(F)cc2)cc1C1C(=O)C(C)(C)OC(C)(C)C1=O. The third-order valence-corrected chi connectivity index (χ3v) is 4.99. The number of hydrogen-bond acceptors (Lipinski definition) is 3. The van der Waals surface area contributed by atoms with Crippen LogP contribution in [0, 0.1) is 12.7 Å². The van der Waals surface area contributed by atoms with Gasteiger partial charge in [-0.15, -0.1) is 0 Å². The Balaban J connectivity index is 2.13. The molecule has 0 bridgehead atoms. The number of hydrogen-bond donors (Lipinski definition) is 0. The van der Waals surface area contributed by atoms with Crippen LogP contribution >= 0.6 is 0 Å². The van der Waals surface area contributed by atoms with Crippen LogP contribution in [0.25, 0.3) is 11.1 Å². The summed E-state index contributed by atoms with van der Waals surface area (Å²) in [5, 5.41) is 0. The van der Waals surface area contributed by atoms with Gasteiger partial charge in [-0.1, -0.05) is 24.3 Å². The second-order valence-electron chi connectivity index (χ2n) is 7.86. The van der Waals surface area contributed by atoms with Crippen molar-refractivity contribution in [2.75, 3.05) is 0 Å². The lowest BCUT2D eigenvalue weighted by Gasteiger charge is -2.43. The maximum absolute atomic E-state index is 13.2. The van der Waals surface area contributed by atoms with Gasteiger partial charge in [0.1, 0.15) is 22.9 Å². The highest BCUT2D eigenvalue weighted by atomic mass is 19.1. The number of carbonyl (C=O) groups excluding carboxylic acids is 2. The molecule has 4 heteroatoms. The lowest BCUT2D eigenvalue weighted by atomic mass is 9.73. The Hall–Kier alpha value is -2.33. The number of ketones is 2. The number of carbonyl (C=O) groups is 2. The van der Waals surface area contributed by atoms with Gasteiger partial charge in [-0.05, 0) is 75.1 Å². The van der Waals surface area contributed by atoms with E-state index in [-0.39, 0.29) is 17.4 Å². The van der Waals surface area contributed by atoms with Gasteiger partial charge in [-0.2, -0.15) is 0 Å². The summed E-state index contributed by atoms with van der Waals surface area (Å²) < 4.78 is 19.0. The lowest BCUT2D eigenvalue weighted by molar-refractivity contribution is -0.184. The Kier molecular flexibility index (Phi) is 4.35. The summed E-state index contributed by atoms with van der Waals surface area (Å²) in [5.41, 5.74) is 1.15. The third-order valence-electron chi connectivity index (χ3n) is 4.99. The van der Waals surface area contributed by atoms with Gasteiger partial charge in [-0.3, -0.25) is 9.59 Å². The van der Waals surface area contributed by atoms with Crippen LogP contribution in [-0.2, 0) is 14.3 Å². The standard InChI is InChI=1S/C22H23FO3/c1-13-6-7-15(14-8-10-16(23)11-9-14)12-17(13)18-19(24)21(2,3)26-22(4,5)20(18)25/h6-12,18H,1-5H3. The van der Waals surface area contributed by atoms with Crippen molar-refractivity contribution in [2.45, 2.75) is 51.7 Å². The minimum atomic E-state index is -1.04. The third kappa shape index (κ3) is 3.10. The fourth-order valence-electron chi connectivity index (χ4n) is 3.61. The van der Waals surface area contributed by atoms with Crippen LogP contribution in [0.1, 0.15) is 44.7 Å². The van der Waals surface area contributed by atoms with Crippen molar-refractivity contribution >= 4 is 11.6 Å².